The molecule has 0 unspecified atom stereocenters. The van der Waals surface area contributed by atoms with Crippen LogP contribution in [0.4, 0.5) is 5.69 Å². The molecule has 1 N–H and O–H groups in total. The van der Waals surface area contributed by atoms with Gasteiger partial charge in [-0.05, 0) is 54.3 Å². The lowest BCUT2D eigenvalue weighted by molar-refractivity contribution is 0.757. The highest BCUT2D eigenvalue weighted by Crippen LogP contribution is 2.18. The lowest BCUT2D eigenvalue weighted by atomic mass is 10.2. The van der Waals surface area contributed by atoms with Crippen LogP contribution in [0.15, 0.2) is 59.2 Å². The van der Waals surface area contributed by atoms with E-state index in [0.717, 1.165) is 23.2 Å². The second-order valence-electron chi connectivity index (χ2n) is 5.01. The van der Waals surface area contributed by atoms with Crippen molar-refractivity contribution in [2.75, 3.05) is 11.9 Å². The van der Waals surface area contributed by atoms with Crippen LogP contribution in [0.5, 0.6) is 0 Å². The number of hydrogen-bond acceptors (Lipinski definition) is 1. The monoisotopic (exact) mass is 328 g/mol. The molecule has 0 aliphatic rings. The molecule has 0 saturated heterocycles. The smallest absolute Gasteiger partial charge is 0.0483 e. The summed E-state index contributed by atoms with van der Waals surface area (Å²) in [5.74, 6) is 0. The quantitative estimate of drug-likeness (QED) is 0.726. The average molecular weight is 329 g/mol. The zero-order valence-corrected chi connectivity index (χ0v) is 13.0. The summed E-state index contributed by atoms with van der Waals surface area (Å²) in [5, 5.41) is 4.75. The zero-order chi connectivity index (χ0) is 13.9. The van der Waals surface area contributed by atoms with Crippen molar-refractivity contribution in [1.29, 1.82) is 0 Å². The minimum Gasteiger partial charge on any atom is -0.383 e. The number of fused-ring (bicyclic) bond motifs is 1. The van der Waals surface area contributed by atoms with E-state index in [4.69, 9.17) is 0 Å². The fourth-order valence-corrected chi connectivity index (χ4v) is 2.64. The molecule has 0 fully saturated rings. The number of halogens is 1. The molecule has 2 aromatic carbocycles. The van der Waals surface area contributed by atoms with Crippen LogP contribution in [0.1, 0.15) is 5.56 Å². The molecule has 20 heavy (non-hydrogen) atoms. The fourth-order valence-electron chi connectivity index (χ4n) is 2.38. The molecule has 2 nitrogen and oxygen atoms in total. The first-order chi connectivity index (χ1) is 9.72. The number of anilines is 1. The van der Waals surface area contributed by atoms with Gasteiger partial charge in [-0.25, -0.2) is 0 Å². The van der Waals surface area contributed by atoms with Gasteiger partial charge >= 0.3 is 0 Å². The number of rotatable bonds is 4. The van der Waals surface area contributed by atoms with Gasteiger partial charge in [-0.1, -0.05) is 28.1 Å². The minimum absolute atomic E-state index is 0.916. The van der Waals surface area contributed by atoms with Gasteiger partial charge in [0.1, 0.15) is 0 Å². The molecule has 1 aromatic heterocycles. The van der Waals surface area contributed by atoms with Crippen LogP contribution in [-0.2, 0) is 6.54 Å². The van der Waals surface area contributed by atoms with E-state index >= 15 is 0 Å². The van der Waals surface area contributed by atoms with E-state index in [-0.39, 0.29) is 0 Å². The predicted octanol–water partition coefficient (Wildman–Crippen LogP) is 4.82. The van der Waals surface area contributed by atoms with Gasteiger partial charge in [0.15, 0.2) is 0 Å². The Bertz CT molecular complexity index is 713. The zero-order valence-electron chi connectivity index (χ0n) is 11.4. The summed E-state index contributed by atoms with van der Waals surface area (Å²) < 4.78 is 3.41. The number of nitrogens with zero attached hydrogens (tertiary/aromatic N) is 1. The van der Waals surface area contributed by atoms with Gasteiger partial charge in [-0.2, -0.15) is 0 Å². The van der Waals surface area contributed by atoms with Crippen LogP contribution in [-0.4, -0.2) is 11.1 Å². The summed E-state index contributed by atoms with van der Waals surface area (Å²) in [5.41, 5.74) is 3.77. The summed E-state index contributed by atoms with van der Waals surface area (Å²) in [6, 6.07) is 17.0. The lowest BCUT2D eigenvalue weighted by Crippen LogP contribution is -2.09. The molecular weight excluding hydrogens is 312 g/mol. The minimum atomic E-state index is 0.916. The molecule has 0 spiro atoms. The Kier molecular flexibility index (Phi) is 3.79. The van der Waals surface area contributed by atoms with E-state index in [1.54, 1.807) is 0 Å². The van der Waals surface area contributed by atoms with E-state index in [9.17, 15) is 0 Å². The Morgan fingerprint density at radius 2 is 1.85 bits per heavy atom. The summed E-state index contributed by atoms with van der Waals surface area (Å²) >= 11 is 3.45. The average Bonchev–Trinajstić information content (AvgIpc) is 2.84. The van der Waals surface area contributed by atoms with Gasteiger partial charge in [0.2, 0.25) is 0 Å². The van der Waals surface area contributed by atoms with Crippen LogP contribution in [0.2, 0.25) is 0 Å². The fraction of sp³-hybridized carbons (Fsp3) is 0.176. The first-order valence-corrected chi connectivity index (χ1v) is 7.56. The number of aromatic nitrogens is 1. The van der Waals surface area contributed by atoms with Crippen molar-refractivity contribution in [3.8, 4) is 0 Å². The Labute approximate surface area is 127 Å². The van der Waals surface area contributed by atoms with Gasteiger partial charge in [0.05, 0.1) is 0 Å². The van der Waals surface area contributed by atoms with E-state index in [2.05, 4.69) is 87.5 Å². The highest BCUT2D eigenvalue weighted by molar-refractivity contribution is 9.10. The van der Waals surface area contributed by atoms with E-state index in [1.165, 1.54) is 16.5 Å². The van der Waals surface area contributed by atoms with Gasteiger partial charge in [0.25, 0.3) is 0 Å². The first-order valence-electron chi connectivity index (χ1n) is 6.77. The first kappa shape index (κ1) is 13.3. The molecule has 0 atom stereocenters. The molecular formula is C17H17BrN2. The molecule has 0 radical (unpaired) electrons. The Hall–Kier alpha value is -1.74. The molecule has 102 valence electrons. The molecule has 1 heterocycles. The Morgan fingerprint density at radius 3 is 2.65 bits per heavy atom. The number of benzene rings is 2. The standard InChI is InChI=1S/C17H17BrN2/c1-13-2-3-14-8-10-20(17(14)12-13)11-9-19-16-6-4-15(18)5-7-16/h2-8,10,12,19H,9,11H2,1H3. The van der Waals surface area contributed by atoms with Gasteiger partial charge in [-0.15, -0.1) is 0 Å². The van der Waals surface area contributed by atoms with E-state index in [0.29, 0.717) is 0 Å². The maximum absolute atomic E-state index is 3.45. The van der Waals surface area contributed by atoms with Crippen LogP contribution in [0, 0.1) is 6.92 Å². The van der Waals surface area contributed by atoms with Crippen molar-refractivity contribution in [2.24, 2.45) is 0 Å². The highest BCUT2D eigenvalue weighted by Gasteiger charge is 2.01. The van der Waals surface area contributed by atoms with Gasteiger partial charge in [0, 0.05) is 35.0 Å². The van der Waals surface area contributed by atoms with Crippen molar-refractivity contribution in [3.63, 3.8) is 0 Å². The molecule has 3 aromatic rings. The van der Waals surface area contributed by atoms with Crippen molar-refractivity contribution < 1.29 is 0 Å². The third-order valence-electron chi connectivity index (χ3n) is 3.46. The topological polar surface area (TPSA) is 17.0 Å². The van der Waals surface area contributed by atoms with Gasteiger partial charge in [-0.3, -0.25) is 0 Å². The molecule has 0 aliphatic heterocycles. The van der Waals surface area contributed by atoms with Crippen molar-refractivity contribution in [3.05, 3.63) is 64.8 Å². The number of aryl methyl sites for hydroxylation is 1. The molecule has 0 amide bonds. The molecule has 3 rings (SSSR count). The Balaban J connectivity index is 1.68. The molecule has 0 bridgehead atoms. The summed E-state index contributed by atoms with van der Waals surface area (Å²) in [4.78, 5) is 0. The molecule has 3 heteroatoms. The van der Waals surface area contributed by atoms with Gasteiger partial charge < -0.3 is 9.88 Å². The summed E-state index contributed by atoms with van der Waals surface area (Å²) in [6.07, 6.45) is 2.16. The maximum atomic E-state index is 3.45. The second kappa shape index (κ2) is 5.71. The summed E-state index contributed by atoms with van der Waals surface area (Å²) in [6.45, 7) is 4.01. The number of hydrogen-bond donors (Lipinski definition) is 1. The van der Waals surface area contributed by atoms with Crippen LogP contribution < -0.4 is 5.32 Å². The van der Waals surface area contributed by atoms with E-state index < -0.39 is 0 Å². The van der Waals surface area contributed by atoms with Crippen molar-refractivity contribution >= 4 is 32.5 Å². The normalized spacial score (nSPS) is 10.9. The predicted molar refractivity (Wildman–Crippen MR) is 89.3 cm³/mol. The second-order valence-corrected chi connectivity index (χ2v) is 5.92. The van der Waals surface area contributed by atoms with Crippen molar-refractivity contribution in [1.82, 2.24) is 4.57 Å². The largest absolute Gasteiger partial charge is 0.383 e. The SMILES string of the molecule is Cc1ccc2ccn(CCNc3ccc(Br)cc3)c2c1. The van der Waals surface area contributed by atoms with Crippen LogP contribution in [0.25, 0.3) is 10.9 Å². The number of nitrogens with one attached hydrogen (secondary N) is 1. The molecule has 0 aliphatic carbocycles. The summed E-state index contributed by atoms with van der Waals surface area (Å²) in [7, 11) is 0. The highest BCUT2D eigenvalue weighted by atomic mass is 79.9. The Morgan fingerprint density at radius 1 is 1.05 bits per heavy atom. The van der Waals surface area contributed by atoms with Crippen LogP contribution >= 0.6 is 15.9 Å². The lowest BCUT2D eigenvalue weighted by Gasteiger charge is -2.09. The van der Waals surface area contributed by atoms with Crippen molar-refractivity contribution in [2.45, 2.75) is 13.5 Å². The maximum Gasteiger partial charge on any atom is 0.0483 e. The van der Waals surface area contributed by atoms with E-state index in [1.807, 2.05) is 0 Å². The molecule has 0 saturated carbocycles. The van der Waals surface area contributed by atoms with Crippen LogP contribution in [0.3, 0.4) is 0 Å². The third-order valence-corrected chi connectivity index (χ3v) is 3.98. The third kappa shape index (κ3) is 2.88.